The second kappa shape index (κ2) is 6.13. The van der Waals surface area contributed by atoms with Gasteiger partial charge in [-0.05, 0) is 18.6 Å². The molecule has 2 aliphatic heterocycles. The van der Waals surface area contributed by atoms with E-state index in [-0.39, 0.29) is 36.7 Å². The molecule has 0 saturated carbocycles. The van der Waals surface area contributed by atoms with Gasteiger partial charge in [0.15, 0.2) is 21.3 Å². The predicted octanol–water partition coefficient (Wildman–Crippen LogP) is 0.521. The number of carbonyl (C=O) groups is 1. The zero-order valence-corrected chi connectivity index (χ0v) is 12.8. The lowest BCUT2D eigenvalue weighted by molar-refractivity contribution is -0.116. The Balaban J connectivity index is 1.43. The van der Waals surface area contributed by atoms with Gasteiger partial charge in [0.2, 0.25) is 12.7 Å². The van der Waals surface area contributed by atoms with Gasteiger partial charge in [-0.25, -0.2) is 8.42 Å². The van der Waals surface area contributed by atoms with Crippen molar-refractivity contribution < 1.29 is 22.7 Å². The Morgan fingerprint density at radius 3 is 2.86 bits per heavy atom. The zero-order valence-electron chi connectivity index (χ0n) is 12.0. The first-order valence-electron chi connectivity index (χ1n) is 7.15. The summed E-state index contributed by atoms with van der Waals surface area (Å²) in [4.78, 5) is 11.9. The van der Waals surface area contributed by atoms with Crippen molar-refractivity contribution in [2.24, 2.45) is 0 Å². The molecule has 7 nitrogen and oxygen atoms in total. The minimum atomic E-state index is -2.89. The number of hydrogen-bond acceptors (Lipinski definition) is 6. The first kappa shape index (κ1) is 15.1. The third kappa shape index (κ3) is 3.69. The van der Waals surface area contributed by atoms with Gasteiger partial charge in [-0.2, -0.15) is 0 Å². The molecular formula is C14H18N2O5S. The molecule has 2 aliphatic rings. The fourth-order valence-electron chi connectivity index (χ4n) is 2.54. The summed E-state index contributed by atoms with van der Waals surface area (Å²) >= 11 is 0. The topological polar surface area (TPSA) is 93.7 Å². The number of rotatable bonds is 5. The van der Waals surface area contributed by atoms with Gasteiger partial charge in [0, 0.05) is 30.8 Å². The Hall–Kier alpha value is -1.80. The Kier molecular flexibility index (Phi) is 4.21. The van der Waals surface area contributed by atoms with E-state index in [0.29, 0.717) is 30.2 Å². The standard InChI is InChI=1S/C14H18N2O5S/c17-14(3-5-15-11-4-6-22(18,19)8-11)16-10-1-2-12-13(7-10)21-9-20-12/h1-2,7,11,15H,3-6,8-9H2,(H,16,17). The highest BCUT2D eigenvalue weighted by Gasteiger charge is 2.27. The minimum Gasteiger partial charge on any atom is -0.454 e. The fourth-order valence-corrected chi connectivity index (χ4v) is 4.25. The van der Waals surface area contributed by atoms with Gasteiger partial charge in [-0.15, -0.1) is 0 Å². The Morgan fingerprint density at radius 1 is 1.27 bits per heavy atom. The van der Waals surface area contributed by atoms with E-state index in [1.807, 2.05) is 0 Å². The monoisotopic (exact) mass is 326 g/mol. The maximum atomic E-state index is 11.9. The first-order chi connectivity index (χ1) is 10.5. The summed E-state index contributed by atoms with van der Waals surface area (Å²) in [6, 6.07) is 5.18. The van der Waals surface area contributed by atoms with Crippen molar-refractivity contribution in [3.63, 3.8) is 0 Å². The van der Waals surface area contributed by atoms with Crippen LogP contribution in [0.1, 0.15) is 12.8 Å². The third-order valence-electron chi connectivity index (χ3n) is 3.67. The number of hydrogen-bond donors (Lipinski definition) is 2. The van der Waals surface area contributed by atoms with E-state index < -0.39 is 9.84 Å². The van der Waals surface area contributed by atoms with E-state index in [4.69, 9.17) is 9.47 Å². The van der Waals surface area contributed by atoms with Gasteiger partial charge in [0.05, 0.1) is 11.5 Å². The number of amides is 1. The molecule has 1 saturated heterocycles. The lowest BCUT2D eigenvalue weighted by atomic mass is 10.2. The van der Waals surface area contributed by atoms with Gasteiger partial charge >= 0.3 is 0 Å². The highest BCUT2D eigenvalue weighted by Crippen LogP contribution is 2.34. The fraction of sp³-hybridized carbons (Fsp3) is 0.500. The van der Waals surface area contributed by atoms with Crippen LogP contribution in [0.4, 0.5) is 5.69 Å². The second-order valence-corrected chi connectivity index (χ2v) is 7.65. The van der Waals surface area contributed by atoms with Crippen LogP contribution in [0, 0.1) is 0 Å². The molecule has 1 aromatic carbocycles. The van der Waals surface area contributed by atoms with Crippen molar-refractivity contribution in [2.75, 3.05) is 30.2 Å². The molecule has 8 heteroatoms. The molecule has 3 rings (SSSR count). The summed E-state index contributed by atoms with van der Waals surface area (Å²) in [7, 11) is -2.89. The molecule has 1 aromatic rings. The number of benzene rings is 1. The van der Waals surface area contributed by atoms with Gasteiger partial charge in [0.1, 0.15) is 0 Å². The molecule has 0 spiro atoms. The number of sulfone groups is 1. The maximum Gasteiger partial charge on any atom is 0.231 e. The highest BCUT2D eigenvalue weighted by atomic mass is 32.2. The summed E-state index contributed by atoms with van der Waals surface area (Å²) in [6.45, 7) is 0.650. The average Bonchev–Trinajstić information content (AvgIpc) is 3.04. The molecular weight excluding hydrogens is 308 g/mol. The van der Waals surface area contributed by atoms with E-state index >= 15 is 0 Å². The first-order valence-corrected chi connectivity index (χ1v) is 8.97. The van der Waals surface area contributed by atoms with Crippen LogP contribution in [0.25, 0.3) is 0 Å². The van der Waals surface area contributed by atoms with Crippen LogP contribution in [0.3, 0.4) is 0 Å². The van der Waals surface area contributed by atoms with Crippen LogP contribution in [0.15, 0.2) is 18.2 Å². The zero-order chi connectivity index (χ0) is 15.6. The SMILES string of the molecule is O=C(CCNC1CCS(=O)(=O)C1)Nc1ccc2c(c1)OCO2. The summed E-state index contributed by atoms with van der Waals surface area (Å²) in [5.41, 5.74) is 0.651. The molecule has 1 amide bonds. The lowest BCUT2D eigenvalue weighted by Gasteiger charge is -2.10. The van der Waals surface area contributed by atoms with Crippen molar-refractivity contribution in [3.8, 4) is 11.5 Å². The molecule has 1 fully saturated rings. The molecule has 0 radical (unpaired) electrons. The summed E-state index contributed by atoms with van der Waals surface area (Å²) in [6.07, 6.45) is 0.900. The molecule has 22 heavy (non-hydrogen) atoms. The molecule has 0 aromatic heterocycles. The smallest absolute Gasteiger partial charge is 0.231 e. The van der Waals surface area contributed by atoms with Crippen molar-refractivity contribution in [3.05, 3.63) is 18.2 Å². The second-order valence-electron chi connectivity index (χ2n) is 5.42. The number of fused-ring (bicyclic) bond motifs is 1. The minimum absolute atomic E-state index is 0.0386. The van der Waals surface area contributed by atoms with Gasteiger partial charge in [0.25, 0.3) is 0 Å². The third-order valence-corrected chi connectivity index (χ3v) is 5.44. The van der Waals surface area contributed by atoms with E-state index in [2.05, 4.69) is 10.6 Å². The van der Waals surface area contributed by atoms with Crippen LogP contribution in [-0.4, -0.2) is 45.2 Å². The summed E-state index contributed by atoms with van der Waals surface area (Å²) in [5.74, 6) is 1.55. The highest BCUT2D eigenvalue weighted by molar-refractivity contribution is 7.91. The number of anilines is 1. The van der Waals surface area contributed by atoms with Crippen molar-refractivity contribution in [1.29, 1.82) is 0 Å². The Labute approximate surface area is 128 Å². The molecule has 0 bridgehead atoms. The Morgan fingerprint density at radius 2 is 2.09 bits per heavy atom. The van der Waals surface area contributed by atoms with Crippen LogP contribution in [-0.2, 0) is 14.6 Å². The summed E-state index contributed by atoms with van der Waals surface area (Å²) in [5, 5.41) is 5.89. The molecule has 1 atom stereocenters. The van der Waals surface area contributed by atoms with E-state index in [1.54, 1.807) is 18.2 Å². The largest absolute Gasteiger partial charge is 0.454 e. The molecule has 0 aliphatic carbocycles. The van der Waals surface area contributed by atoms with Crippen molar-refractivity contribution in [1.82, 2.24) is 5.32 Å². The summed E-state index contributed by atoms with van der Waals surface area (Å²) < 4.78 is 33.1. The predicted molar refractivity (Wildman–Crippen MR) is 80.9 cm³/mol. The molecule has 1 unspecified atom stereocenters. The average molecular weight is 326 g/mol. The normalized spacial score (nSPS) is 21.7. The molecule has 2 N–H and O–H groups in total. The van der Waals surface area contributed by atoms with Crippen molar-refractivity contribution in [2.45, 2.75) is 18.9 Å². The van der Waals surface area contributed by atoms with Crippen LogP contribution < -0.4 is 20.1 Å². The van der Waals surface area contributed by atoms with E-state index in [9.17, 15) is 13.2 Å². The maximum absolute atomic E-state index is 11.9. The van der Waals surface area contributed by atoms with Gasteiger partial charge in [-0.3, -0.25) is 4.79 Å². The van der Waals surface area contributed by atoms with Crippen molar-refractivity contribution >= 4 is 21.4 Å². The Bertz CT molecular complexity index is 674. The van der Waals surface area contributed by atoms with Gasteiger partial charge in [-0.1, -0.05) is 0 Å². The number of nitrogens with one attached hydrogen (secondary N) is 2. The van der Waals surface area contributed by atoms with E-state index in [0.717, 1.165) is 0 Å². The van der Waals surface area contributed by atoms with Crippen LogP contribution in [0.2, 0.25) is 0 Å². The quantitative estimate of drug-likeness (QED) is 0.819. The van der Waals surface area contributed by atoms with Crippen LogP contribution >= 0.6 is 0 Å². The molecule has 2 heterocycles. The van der Waals surface area contributed by atoms with Gasteiger partial charge < -0.3 is 20.1 Å². The lowest BCUT2D eigenvalue weighted by Crippen LogP contribution is -2.32. The molecule has 120 valence electrons. The number of ether oxygens (including phenoxy) is 2. The van der Waals surface area contributed by atoms with E-state index in [1.165, 1.54) is 0 Å². The van der Waals surface area contributed by atoms with Crippen LogP contribution in [0.5, 0.6) is 11.5 Å². The number of carbonyl (C=O) groups excluding carboxylic acids is 1.